The van der Waals surface area contributed by atoms with Crippen molar-refractivity contribution in [3.63, 3.8) is 0 Å². The fraction of sp³-hybridized carbons (Fsp3) is 0.400. The molecule has 1 aliphatic carbocycles. The van der Waals surface area contributed by atoms with E-state index in [0.717, 1.165) is 29.5 Å². The van der Waals surface area contributed by atoms with Crippen LogP contribution in [0.15, 0.2) is 24.3 Å². The van der Waals surface area contributed by atoms with Crippen molar-refractivity contribution < 1.29 is 9.18 Å². The Kier molecular flexibility index (Phi) is 4.08. The van der Waals surface area contributed by atoms with Gasteiger partial charge in [0.15, 0.2) is 0 Å². The standard InChI is InChI=1S/C15H15BrFNOS/c16-11-3-1-9(5-11)8-18-15(19)14-6-10-2-4-12(17)7-13(10)20-14/h2,4,6-7,9,11H,1,3,5,8H2,(H,18,19). The third kappa shape index (κ3) is 3.04. The van der Waals surface area contributed by atoms with Crippen LogP contribution < -0.4 is 5.32 Å². The molecular formula is C15H15BrFNOS. The van der Waals surface area contributed by atoms with Gasteiger partial charge in [0.1, 0.15) is 5.82 Å². The van der Waals surface area contributed by atoms with Gasteiger partial charge in [0.05, 0.1) is 4.88 Å². The van der Waals surface area contributed by atoms with E-state index in [4.69, 9.17) is 0 Å². The lowest BCUT2D eigenvalue weighted by Crippen LogP contribution is -2.27. The van der Waals surface area contributed by atoms with E-state index in [1.165, 1.54) is 29.9 Å². The summed E-state index contributed by atoms with van der Waals surface area (Å²) in [6.45, 7) is 0.726. The molecule has 1 aromatic heterocycles. The zero-order valence-electron chi connectivity index (χ0n) is 10.9. The van der Waals surface area contributed by atoms with Gasteiger partial charge < -0.3 is 5.32 Å². The van der Waals surface area contributed by atoms with Crippen molar-refractivity contribution in [1.82, 2.24) is 5.32 Å². The molecule has 1 N–H and O–H groups in total. The van der Waals surface area contributed by atoms with Crippen LogP contribution in [0.4, 0.5) is 4.39 Å². The fourth-order valence-electron chi connectivity index (χ4n) is 2.64. The first-order valence-electron chi connectivity index (χ1n) is 6.73. The van der Waals surface area contributed by atoms with Gasteiger partial charge >= 0.3 is 0 Å². The van der Waals surface area contributed by atoms with E-state index in [1.54, 1.807) is 6.07 Å². The molecule has 1 aromatic carbocycles. The topological polar surface area (TPSA) is 29.1 Å². The summed E-state index contributed by atoms with van der Waals surface area (Å²) in [5, 5.41) is 3.91. The molecule has 106 valence electrons. The Morgan fingerprint density at radius 1 is 1.40 bits per heavy atom. The average Bonchev–Trinajstić information content (AvgIpc) is 3.01. The normalized spacial score (nSPS) is 22.3. The lowest BCUT2D eigenvalue weighted by atomic mass is 10.1. The minimum absolute atomic E-state index is 0.0513. The highest BCUT2D eigenvalue weighted by Crippen LogP contribution is 2.30. The van der Waals surface area contributed by atoms with Gasteiger partial charge in [-0.2, -0.15) is 0 Å². The molecule has 1 saturated carbocycles. The number of carbonyl (C=O) groups excluding carboxylic acids is 1. The predicted molar refractivity (Wildman–Crippen MR) is 84.2 cm³/mol. The molecule has 1 aliphatic rings. The van der Waals surface area contributed by atoms with Crippen molar-refractivity contribution in [2.75, 3.05) is 6.54 Å². The minimum Gasteiger partial charge on any atom is -0.351 e. The molecular weight excluding hydrogens is 341 g/mol. The predicted octanol–water partition coefficient (Wildman–Crippen LogP) is 4.33. The van der Waals surface area contributed by atoms with Crippen LogP contribution >= 0.6 is 27.3 Å². The number of halogens is 2. The summed E-state index contributed by atoms with van der Waals surface area (Å²) >= 11 is 4.96. The lowest BCUT2D eigenvalue weighted by Gasteiger charge is -2.09. The number of hydrogen-bond acceptors (Lipinski definition) is 2. The number of amides is 1. The Balaban J connectivity index is 1.66. The maximum absolute atomic E-state index is 13.1. The summed E-state index contributed by atoms with van der Waals surface area (Å²) in [4.78, 5) is 13.4. The van der Waals surface area contributed by atoms with E-state index in [-0.39, 0.29) is 11.7 Å². The molecule has 5 heteroatoms. The molecule has 2 atom stereocenters. The number of benzene rings is 1. The van der Waals surface area contributed by atoms with Crippen molar-refractivity contribution in [3.05, 3.63) is 35.0 Å². The smallest absolute Gasteiger partial charge is 0.261 e. The van der Waals surface area contributed by atoms with Gasteiger partial charge in [0.25, 0.3) is 5.91 Å². The third-order valence-electron chi connectivity index (χ3n) is 3.73. The van der Waals surface area contributed by atoms with E-state index in [2.05, 4.69) is 21.2 Å². The summed E-state index contributed by atoms with van der Waals surface area (Å²) in [5.41, 5.74) is 0. The van der Waals surface area contributed by atoms with Gasteiger partial charge in [-0.05, 0) is 48.8 Å². The summed E-state index contributed by atoms with van der Waals surface area (Å²) in [5.74, 6) is 0.250. The second kappa shape index (κ2) is 5.82. The summed E-state index contributed by atoms with van der Waals surface area (Å²) in [7, 11) is 0. The maximum atomic E-state index is 13.1. The number of alkyl halides is 1. The molecule has 20 heavy (non-hydrogen) atoms. The van der Waals surface area contributed by atoms with Gasteiger partial charge in [-0.3, -0.25) is 4.79 Å². The second-order valence-corrected chi connectivity index (χ2v) is 7.66. The van der Waals surface area contributed by atoms with Gasteiger partial charge in [-0.1, -0.05) is 22.0 Å². The first-order chi connectivity index (χ1) is 9.61. The van der Waals surface area contributed by atoms with Crippen molar-refractivity contribution >= 4 is 43.3 Å². The Morgan fingerprint density at radius 3 is 3.00 bits per heavy atom. The van der Waals surface area contributed by atoms with Crippen molar-refractivity contribution in [2.45, 2.75) is 24.1 Å². The molecule has 0 radical (unpaired) electrons. The van der Waals surface area contributed by atoms with Crippen LogP contribution in [0.25, 0.3) is 10.1 Å². The molecule has 1 amide bonds. The molecule has 2 unspecified atom stereocenters. The number of nitrogens with one attached hydrogen (secondary N) is 1. The van der Waals surface area contributed by atoms with Crippen LogP contribution in [-0.2, 0) is 0 Å². The number of rotatable bonds is 3. The quantitative estimate of drug-likeness (QED) is 0.815. The van der Waals surface area contributed by atoms with Gasteiger partial charge in [-0.25, -0.2) is 4.39 Å². The summed E-state index contributed by atoms with van der Waals surface area (Å²) in [6.07, 6.45) is 3.47. The monoisotopic (exact) mass is 355 g/mol. The van der Waals surface area contributed by atoms with E-state index >= 15 is 0 Å². The number of carbonyl (C=O) groups is 1. The largest absolute Gasteiger partial charge is 0.351 e. The fourth-order valence-corrected chi connectivity index (χ4v) is 4.44. The maximum Gasteiger partial charge on any atom is 0.261 e. The van der Waals surface area contributed by atoms with Gasteiger partial charge in [0, 0.05) is 16.1 Å². The van der Waals surface area contributed by atoms with E-state index in [1.807, 2.05) is 6.07 Å². The highest BCUT2D eigenvalue weighted by atomic mass is 79.9. The van der Waals surface area contributed by atoms with Crippen molar-refractivity contribution in [3.8, 4) is 0 Å². The Bertz CT molecular complexity index is 642. The Morgan fingerprint density at radius 2 is 2.25 bits per heavy atom. The molecule has 2 nitrogen and oxygen atoms in total. The van der Waals surface area contributed by atoms with Gasteiger partial charge in [-0.15, -0.1) is 11.3 Å². The number of thiophene rings is 1. The minimum atomic E-state index is -0.263. The van der Waals surface area contributed by atoms with Crippen LogP contribution in [0.1, 0.15) is 28.9 Å². The molecule has 2 aromatic rings. The summed E-state index contributed by atoms with van der Waals surface area (Å²) < 4.78 is 14.0. The van der Waals surface area contributed by atoms with E-state index in [0.29, 0.717) is 15.6 Å². The van der Waals surface area contributed by atoms with Crippen LogP contribution in [0.5, 0.6) is 0 Å². The van der Waals surface area contributed by atoms with Crippen LogP contribution in [0, 0.1) is 11.7 Å². The van der Waals surface area contributed by atoms with Crippen LogP contribution in [0.3, 0.4) is 0 Å². The molecule has 3 rings (SSSR count). The number of fused-ring (bicyclic) bond motifs is 1. The molecule has 0 saturated heterocycles. The third-order valence-corrected chi connectivity index (χ3v) is 5.66. The number of hydrogen-bond donors (Lipinski definition) is 1. The van der Waals surface area contributed by atoms with Crippen LogP contribution in [0.2, 0.25) is 0 Å². The molecule has 1 heterocycles. The second-order valence-electron chi connectivity index (χ2n) is 5.28. The highest BCUT2D eigenvalue weighted by molar-refractivity contribution is 9.09. The first kappa shape index (κ1) is 14.0. The molecule has 1 fully saturated rings. The van der Waals surface area contributed by atoms with Crippen LogP contribution in [-0.4, -0.2) is 17.3 Å². The molecule has 0 aliphatic heterocycles. The Labute approximate surface area is 129 Å². The summed E-state index contributed by atoms with van der Waals surface area (Å²) in [6, 6.07) is 6.44. The molecule has 0 spiro atoms. The van der Waals surface area contributed by atoms with Gasteiger partial charge in [0.2, 0.25) is 0 Å². The SMILES string of the molecule is O=C(NCC1CCC(Br)C1)c1cc2ccc(F)cc2s1. The average molecular weight is 356 g/mol. The first-order valence-corrected chi connectivity index (χ1v) is 8.46. The zero-order chi connectivity index (χ0) is 14.1. The van der Waals surface area contributed by atoms with E-state index in [9.17, 15) is 9.18 Å². The lowest BCUT2D eigenvalue weighted by molar-refractivity contribution is 0.0951. The Hall–Kier alpha value is -0.940. The van der Waals surface area contributed by atoms with Crippen molar-refractivity contribution in [2.24, 2.45) is 5.92 Å². The highest BCUT2D eigenvalue weighted by Gasteiger charge is 2.23. The zero-order valence-corrected chi connectivity index (χ0v) is 13.3. The van der Waals surface area contributed by atoms with E-state index < -0.39 is 0 Å². The molecule has 0 bridgehead atoms. The van der Waals surface area contributed by atoms with Crippen molar-refractivity contribution in [1.29, 1.82) is 0 Å².